The summed E-state index contributed by atoms with van der Waals surface area (Å²) in [6.07, 6.45) is 0. The van der Waals surface area contributed by atoms with Crippen LogP contribution in [0.25, 0.3) is 54.9 Å². The van der Waals surface area contributed by atoms with E-state index in [1.807, 2.05) is 135 Å². The van der Waals surface area contributed by atoms with E-state index in [1.165, 1.54) is 46.2 Å². The number of benzene rings is 9. The van der Waals surface area contributed by atoms with Crippen LogP contribution in [0.5, 0.6) is 0 Å². The van der Waals surface area contributed by atoms with Crippen LogP contribution in [0.3, 0.4) is 0 Å². The molecule has 0 bridgehead atoms. The number of carboxylic acid groups (broad SMARTS) is 5. The van der Waals surface area contributed by atoms with Crippen molar-refractivity contribution in [1.29, 1.82) is 0 Å². The summed E-state index contributed by atoms with van der Waals surface area (Å²) in [7, 11) is 0. The van der Waals surface area contributed by atoms with Crippen LogP contribution in [-0.4, -0.2) is 55.4 Å². The molecule has 79 heavy (non-hydrogen) atoms. The van der Waals surface area contributed by atoms with Gasteiger partial charge in [0.05, 0.1) is 27.8 Å². The van der Waals surface area contributed by atoms with Crippen LogP contribution in [-0.2, 0) is 0 Å². The summed E-state index contributed by atoms with van der Waals surface area (Å²) >= 11 is 1.71. The number of aryl methyl sites for hydroxylation is 3. The van der Waals surface area contributed by atoms with Crippen molar-refractivity contribution in [2.75, 3.05) is 0 Å². The van der Waals surface area contributed by atoms with E-state index in [0.717, 1.165) is 44.5 Å². The summed E-state index contributed by atoms with van der Waals surface area (Å²) in [5, 5.41) is 44.1. The highest BCUT2D eigenvalue weighted by atomic mass is 32.1. The predicted molar refractivity (Wildman–Crippen MR) is 306 cm³/mol. The number of thiophene rings is 1. The Labute approximate surface area is 459 Å². The topological polar surface area (TPSA) is 186 Å². The van der Waals surface area contributed by atoms with Gasteiger partial charge in [-0.25, -0.2) is 32.8 Å². The zero-order valence-corrected chi connectivity index (χ0v) is 43.7. The van der Waals surface area contributed by atoms with Crippen molar-refractivity contribution in [3.8, 4) is 54.9 Å². The Hall–Kier alpha value is -10.1. The number of hydrogen-bond acceptors (Lipinski definition) is 6. The highest BCUT2D eigenvalue weighted by molar-refractivity contribution is 7.15. The van der Waals surface area contributed by atoms with Crippen LogP contribution in [0.15, 0.2) is 231 Å². The fraction of sp³-hybridized carbons (Fsp3) is 0.0455. The maximum atomic E-state index is 13.4. The summed E-state index contributed by atoms with van der Waals surface area (Å²) in [6, 6.07) is 67.3. The second-order valence-electron chi connectivity index (χ2n) is 17.5. The second-order valence-corrected chi connectivity index (χ2v) is 18.7. The van der Waals surface area contributed by atoms with Gasteiger partial charge in [0, 0.05) is 9.75 Å². The molecule has 0 aliphatic rings. The third-order valence-electron chi connectivity index (χ3n) is 11.9. The van der Waals surface area contributed by atoms with E-state index in [-0.39, 0.29) is 16.9 Å². The minimum absolute atomic E-state index is 0.196. The summed E-state index contributed by atoms with van der Waals surface area (Å²) in [5.41, 5.74) is 11.0. The van der Waals surface area contributed by atoms with Gasteiger partial charge in [-0.15, -0.1) is 11.3 Å². The van der Waals surface area contributed by atoms with Crippen molar-refractivity contribution >= 4 is 41.2 Å². The molecule has 5 N–H and O–H groups in total. The maximum Gasteiger partial charge on any atom is 0.338 e. The van der Waals surface area contributed by atoms with Crippen LogP contribution in [0, 0.1) is 32.4 Å². The molecule has 0 saturated carbocycles. The normalized spacial score (nSPS) is 10.1. The number of aromatic carboxylic acids is 5. The molecule has 0 saturated heterocycles. The Balaban J connectivity index is 0.000000160. The number of carbonyl (C=O) groups is 5. The first-order valence-corrected chi connectivity index (χ1v) is 25.1. The minimum Gasteiger partial charge on any atom is -0.478 e. The second kappa shape index (κ2) is 28.1. The van der Waals surface area contributed by atoms with Gasteiger partial charge in [-0.2, -0.15) is 0 Å². The smallest absolute Gasteiger partial charge is 0.338 e. The highest BCUT2D eigenvalue weighted by Gasteiger charge is 2.12. The summed E-state index contributed by atoms with van der Waals surface area (Å²) in [5.74, 6) is -5.94. The number of rotatable bonds is 10. The summed E-state index contributed by atoms with van der Waals surface area (Å²) in [4.78, 5) is 56.2. The molecular weight excluding hydrogens is 1020 g/mol. The van der Waals surface area contributed by atoms with Crippen LogP contribution in [0.4, 0.5) is 8.78 Å². The molecule has 0 fully saturated rings. The van der Waals surface area contributed by atoms with Crippen molar-refractivity contribution in [3.63, 3.8) is 0 Å². The molecule has 0 spiro atoms. The fourth-order valence-electron chi connectivity index (χ4n) is 7.82. The predicted octanol–water partition coefficient (Wildman–Crippen LogP) is 16.5. The molecule has 396 valence electrons. The molecule has 0 aliphatic heterocycles. The maximum absolute atomic E-state index is 13.4. The van der Waals surface area contributed by atoms with E-state index < -0.39 is 35.7 Å². The van der Waals surface area contributed by atoms with E-state index >= 15 is 0 Å². The molecule has 1 aromatic heterocycles. The van der Waals surface area contributed by atoms with Crippen molar-refractivity contribution in [1.82, 2.24) is 0 Å². The molecule has 0 atom stereocenters. The number of hydrogen-bond donors (Lipinski definition) is 5. The van der Waals surface area contributed by atoms with Gasteiger partial charge >= 0.3 is 29.8 Å². The Morgan fingerprint density at radius 2 is 0.772 bits per heavy atom. The van der Waals surface area contributed by atoms with Gasteiger partial charge < -0.3 is 25.5 Å². The molecule has 10 rings (SSSR count). The van der Waals surface area contributed by atoms with Crippen LogP contribution in [0.1, 0.15) is 67.8 Å². The monoisotopic (exact) mass is 1070 g/mol. The van der Waals surface area contributed by atoms with Crippen molar-refractivity contribution in [3.05, 3.63) is 286 Å². The van der Waals surface area contributed by atoms with E-state index in [2.05, 4.69) is 19.1 Å². The number of carboxylic acids is 5. The van der Waals surface area contributed by atoms with Gasteiger partial charge in [-0.1, -0.05) is 152 Å². The lowest BCUT2D eigenvalue weighted by molar-refractivity contribution is 0.0681. The standard InChI is InChI=1S/2C14H12O2.2C13H9FO2.C12H10O2S/c1-10-9-12(14(15)16)7-8-13(10)11-5-3-2-4-6-11;1-10-9-12(7-8-13(10)14(15)16)11-5-3-2-4-6-11;14-12-6-2-4-10(8-12)9-3-1-5-11(7-9)13(15)16;14-12-8-10(6-7-11(12)13(15)16)9-4-2-1-3-5-9;1-8-2-7-11(15-8)9-3-5-10(6-4-9)12(13)14/h2*2-9H,1H3,(H,15,16);2*1-8H,(H,15,16);2-7H,1H3,(H,13,14). The third kappa shape index (κ3) is 16.9. The van der Waals surface area contributed by atoms with E-state index in [4.69, 9.17) is 25.5 Å². The average Bonchev–Trinajstić information content (AvgIpc) is 3.90. The lowest BCUT2D eigenvalue weighted by Gasteiger charge is -2.06. The van der Waals surface area contributed by atoms with Crippen molar-refractivity contribution < 1.29 is 58.3 Å². The summed E-state index contributed by atoms with van der Waals surface area (Å²) in [6.45, 7) is 5.80. The van der Waals surface area contributed by atoms with Gasteiger partial charge in [-0.05, 0) is 161 Å². The van der Waals surface area contributed by atoms with Crippen LogP contribution in [0.2, 0.25) is 0 Å². The molecule has 10 aromatic rings. The minimum atomic E-state index is -1.25. The van der Waals surface area contributed by atoms with Crippen molar-refractivity contribution in [2.45, 2.75) is 20.8 Å². The third-order valence-corrected chi connectivity index (χ3v) is 12.9. The quantitative estimate of drug-likeness (QED) is 0.0882. The molecule has 0 radical (unpaired) electrons. The highest BCUT2D eigenvalue weighted by Crippen LogP contribution is 2.29. The van der Waals surface area contributed by atoms with Gasteiger partial charge in [0.25, 0.3) is 0 Å². The van der Waals surface area contributed by atoms with Crippen LogP contribution >= 0.6 is 11.3 Å². The molecule has 9 aromatic carbocycles. The van der Waals surface area contributed by atoms with Gasteiger partial charge in [0.15, 0.2) is 0 Å². The SMILES string of the molecule is Cc1cc(-c2ccccc2)ccc1C(=O)O.Cc1cc(C(=O)O)ccc1-c1ccccc1.Cc1ccc(-c2ccc(C(=O)O)cc2)s1.O=C(O)c1ccc(-c2ccccc2)cc1F.O=C(O)c1cccc(-c2cccc(F)c2)c1. The lowest BCUT2D eigenvalue weighted by Crippen LogP contribution is -2.00. The zero-order valence-electron chi connectivity index (χ0n) is 42.9. The Bertz CT molecular complexity index is 3610. The summed E-state index contributed by atoms with van der Waals surface area (Å²) < 4.78 is 26.4. The van der Waals surface area contributed by atoms with Gasteiger partial charge in [0.1, 0.15) is 11.6 Å². The van der Waals surface area contributed by atoms with Crippen molar-refractivity contribution in [2.24, 2.45) is 0 Å². The molecule has 0 amide bonds. The first-order chi connectivity index (χ1) is 37.9. The molecule has 0 aliphatic carbocycles. The molecule has 10 nitrogen and oxygen atoms in total. The van der Waals surface area contributed by atoms with Gasteiger partial charge in [0.2, 0.25) is 0 Å². The lowest BCUT2D eigenvalue weighted by atomic mass is 9.98. The molecule has 13 heteroatoms. The first kappa shape index (κ1) is 58.2. The molecule has 1 heterocycles. The number of halogens is 2. The Morgan fingerprint density at radius 1 is 0.329 bits per heavy atom. The van der Waals surface area contributed by atoms with Crippen LogP contribution < -0.4 is 0 Å². The van der Waals surface area contributed by atoms with E-state index in [9.17, 15) is 32.8 Å². The average molecular weight is 1080 g/mol. The zero-order chi connectivity index (χ0) is 57.0. The largest absolute Gasteiger partial charge is 0.478 e. The van der Waals surface area contributed by atoms with E-state index in [0.29, 0.717) is 33.4 Å². The Morgan fingerprint density at radius 3 is 1.24 bits per heavy atom. The Kier molecular flexibility index (Phi) is 20.7. The molecule has 0 unspecified atom stereocenters. The molecular formula is C66H52F2O10S. The van der Waals surface area contributed by atoms with Gasteiger partial charge in [-0.3, -0.25) is 0 Å². The van der Waals surface area contributed by atoms with E-state index in [1.54, 1.807) is 72.0 Å². The first-order valence-electron chi connectivity index (χ1n) is 24.2. The fourth-order valence-corrected chi connectivity index (χ4v) is 8.69.